The molecule has 0 saturated heterocycles. The van der Waals surface area contributed by atoms with E-state index >= 15 is 0 Å². The van der Waals surface area contributed by atoms with Gasteiger partial charge in [0.05, 0.1) is 36.2 Å². The highest BCUT2D eigenvalue weighted by Gasteiger charge is 2.20. The summed E-state index contributed by atoms with van der Waals surface area (Å²) in [6.45, 7) is 23.2. The average Bonchev–Trinajstić information content (AvgIpc) is 2.91. The second-order valence-corrected chi connectivity index (χ2v) is 9.99. The maximum absolute atomic E-state index is 11.1. The van der Waals surface area contributed by atoms with Gasteiger partial charge in [-0.3, -0.25) is 5.41 Å². The van der Waals surface area contributed by atoms with E-state index in [0.717, 1.165) is 38.5 Å². The zero-order valence-corrected chi connectivity index (χ0v) is 26.0. The number of aliphatic hydroxyl groups excluding tert-OH is 1. The molecule has 0 aliphatic carbocycles. The van der Waals surface area contributed by atoms with E-state index in [1.807, 2.05) is 20.8 Å². The van der Waals surface area contributed by atoms with Crippen LogP contribution >= 0.6 is 0 Å². The molecule has 7 heteroatoms. The van der Waals surface area contributed by atoms with E-state index in [2.05, 4.69) is 43.9 Å². The molecular formula is C33H53N3O4. The van der Waals surface area contributed by atoms with E-state index < -0.39 is 5.60 Å². The molecular weight excluding hydrogens is 502 g/mol. The van der Waals surface area contributed by atoms with Gasteiger partial charge in [0.2, 0.25) is 0 Å². The van der Waals surface area contributed by atoms with Crippen molar-refractivity contribution in [2.75, 3.05) is 19.8 Å². The lowest BCUT2D eigenvalue weighted by atomic mass is 10.0. The van der Waals surface area contributed by atoms with E-state index in [9.17, 15) is 5.11 Å². The first kappa shape index (κ1) is 36.8. The molecule has 0 radical (unpaired) electrons. The third-order valence-corrected chi connectivity index (χ3v) is 5.62. The van der Waals surface area contributed by atoms with E-state index in [0.29, 0.717) is 36.7 Å². The van der Waals surface area contributed by atoms with Crippen molar-refractivity contribution in [2.45, 2.75) is 92.6 Å². The van der Waals surface area contributed by atoms with Gasteiger partial charge >= 0.3 is 0 Å². The fourth-order valence-corrected chi connectivity index (χ4v) is 3.03. The quantitative estimate of drug-likeness (QED) is 0.0392. The molecule has 0 aromatic rings. The highest BCUT2D eigenvalue weighted by atomic mass is 16.5. The number of hydrogen-bond acceptors (Lipinski definition) is 5. The molecule has 0 saturated carbocycles. The Bertz CT molecular complexity index is 968. The third-order valence-electron chi connectivity index (χ3n) is 5.62. The van der Waals surface area contributed by atoms with Gasteiger partial charge in [0.15, 0.2) is 11.7 Å². The minimum atomic E-state index is -0.705. The van der Waals surface area contributed by atoms with Gasteiger partial charge in [0.25, 0.3) is 0 Å². The van der Waals surface area contributed by atoms with E-state index in [1.54, 1.807) is 43.5 Å². The van der Waals surface area contributed by atoms with Crippen LogP contribution in [0.1, 0.15) is 87.0 Å². The van der Waals surface area contributed by atoms with Gasteiger partial charge < -0.3 is 19.3 Å². The molecule has 0 bridgehead atoms. The highest BCUT2D eigenvalue weighted by Crippen LogP contribution is 2.20. The molecule has 0 aromatic heterocycles. The molecule has 7 nitrogen and oxygen atoms in total. The van der Waals surface area contributed by atoms with E-state index in [1.165, 1.54) is 6.26 Å². The average molecular weight is 556 g/mol. The predicted octanol–water partition coefficient (Wildman–Crippen LogP) is 8.83. The summed E-state index contributed by atoms with van der Waals surface area (Å²) in [7, 11) is 0. The van der Waals surface area contributed by atoms with Crippen molar-refractivity contribution < 1.29 is 19.3 Å². The lowest BCUT2D eigenvalue weighted by Gasteiger charge is -2.22. The summed E-state index contributed by atoms with van der Waals surface area (Å²) in [4.78, 5) is 9.06. The van der Waals surface area contributed by atoms with Crippen LogP contribution in [0.5, 0.6) is 0 Å². The highest BCUT2D eigenvalue weighted by molar-refractivity contribution is 6.14. The Morgan fingerprint density at radius 2 is 1.65 bits per heavy atom. The van der Waals surface area contributed by atoms with Gasteiger partial charge in [0.1, 0.15) is 11.5 Å². The SMILES string of the molecule is C=CC(C)/C=N/C(=N\C(=N)C(/C=C\C(=C)OCCCC)=C\OCCCC)C(=C/C)/C(O)=C\C(C)(C)OCCCC. The number of unbranched alkanes of at least 4 members (excludes halogenated alkanes) is 3. The Morgan fingerprint density at radius 1 is 1.02 bits per heavy atom. The van der Waals surface area contributed by atoms with Crippen molar-refractivity contribution in [3.05, 3.63) is 72.5 Å². The molecule has 0 fully saturated rings. The number of ether oxygens (including phenoxy) is 3. The number of allylic oxidation sites excluding steroid dienone is 3. The monoisotopic (exact) mass is 555 g/mol. The standard InChI is InChI=1S/C33H53N3O4/c1-10-15-20-38-25-28(19-18-27(7)39-21-16-11-2)31(34)36-32(35-24-26(6)13-4)29(14-5)30(37)23-33(8,9)40-22-17-12-3/h13-14,18-19,23-26,34,37H,4,7,10-12,15-17,20-22H2,1-3,5-6,8-9H3/b19-18-,28-25-,29-14+,30-23+,34-31?,35-24+,36-32-. The molecule has 0 amide bonds. The molecule has 224 valence electrons. The topological polar surface area (TPSA) is 96.5 Å². The first-order chi connectivity index (χ1) is 19.0. The number of nitrogens with zero attached hydrogens (tertiary/aromatic N) is 2. The first-order valence-corrected chi connectivity index (χ1v) is 14.4. The number of nitrogens with one attached hydrogen (secondary N) is 1. The largest absolute Gasteiger partial charge is 0.507 e. The van der Waals surface area contributed by atoms with Crippen LogP contribution in [0.25, 0.3) is 0 Å². The Morgan fingerprint density at radius 3 is 2.25 bits per heavy atom. The smallest absolute Gasteiger partial charge is 0.164 e. The summed E-state index contributed by atoms with van der Waals surface area (Å²) >= 11 is 0. The van der Waals surface area contributed by atoms with Crippen molar-refractivity contribution in [3.63, 3.8) is 0 Å². The van der Waals surface area contributed by atoms with Crippen molar-refractivity contribution in [1.82, 2.24) is 0 Å². The molecule has 2 N–H and O–H groups in total. The zero-order chi connectivity index (χ0) is 30.4. The molecule has 0 aromatic carbocycles. The van der Waals surface area contributed by atoms with Crippen molar-refractivity contribution in [1.29, 1.82) is 5.41 Å². The van der Waals surface area contributed by atoms with Crippen LogP contribution in [-0.2, 0) is 14.2 Å². The summed E-state index contributed by atoms with van der Waals surface area (Å²) in [5.41, 5.74) is 0.0958. The molecule has 0 aliphatic heterocycles. The van der Waals surface area contributed by atoms with E-state index in [-0.39, 0.29) is 23.3 Å². The first-order valence-electron chi connectivity index (χ1n) is 14.4. The molecule has 0 spiro atoms. The zero-order valence-electron chi connectivity index (χ0n) is 26.0. The Kier molecular flexibility index (Phi) is 19.9. The molecule has 1 unspecified atom stereocenters. The molecule has 40 heavy (non-hydrogen) atoms. The Balaban J connectivity index is 6.41. The van der Waals surface area contributed by atoms with Crippen LogP contribution in [0, 0.1) is 11.3 Å². The lowest BCUT2D eigenvalue weighted by Crippen LogP contribution is -2.23. The van der Waals surface area contributed by atoms with E-state index in [4.69, 9.17) is 19.6 Å². The Hall–Kier alpha value is -3.19. The van der Waals surface area contributed by atoms with Gasteiger partial charge in [0, 0.05) is 18.7 Å². The van der Waals surface area contributed by atoms with Crippen LogP contribution in [0.15, 0.2) is 82.4 Å². The maximum Gasteiger partial charge on any atom is 0.164 e. The van der Waals surface area contributed by atoms with Gasteiger partial charge in [-0.1, -0.05) is 65.7 Å². The van der Waals surface area contributed by atoms with Gasteiger partial charge in [-0.15, -0.1) is 6.58 Å². The number of aliphatic hydroxyl groups is 1. The number of amidine groups is 2. The predicted molar refractivity (Wildman–Crippen MR) is 171 cm³/mol. The van der Waals surface area contributed by atoms with Gasteiger partial charge in [-0.05, 0) is 58.3 Å². The molecule has 0 aliphatic rings. The summed E-state index contributed by atoms with van der Waals surface area (Å²) in [5, 5.41) is 19.9. The van der Waals surface area contributed by atoms with Crippen LogP contribution < -0.4 is 0 Å². The number of rotatable bonds is 20. The molecule has 1 atom stereocenters. The normalized spacial score (nSPS) is 14.6. The lowest BCUT2D eigenvalue weighted by molar-refractivity contribution is 0.0162. The van der Waals surface area contributed by atoms with Gasteiger partial charge in [-0.25, -0.2) is 9.98 Å². The third kappa shape index (κ3) is 16.7. The summed E-state index contributed by atoms with van der Waals surface area (Å²) in [5.74, 6) is 0.524. The van der Waals surface area contributed by atoms with Crippen LogP contribution in [0.2, 0.25) is 0 Å². The second kappa shape index (κ2) is 21.6. The number of aliphatic imine (C=N–C) groups is 2. The van der Waals surface area contributed by atoms with Crippen molar-refractivity contribution in [3.8, 4) is 0 Å². The Labute approximate surface area is 243 Å². The van der Waals surface area contributed by atoms with Gasteiger partial charge in [-0.2, -0.15) is 0 Å². The summed E-state index contributed by atoms with van der Waals surface area (Å²) in [6.07, 6.45) is 17.5. The minimum Gasteiger partial charge on any atom is -0.507 e. The fraction of sp³-hybridized carbons (Fsp3) is 0.545. The number of hydrogen-bond donors (Lipinski definition) is 2. The van der Waals surface area contributed by atoms with Crippen molar-refractivity contribution in [2.24, 2.45) is 15.9 Å². The molecule has 0 rings (SSSR count). The second-order valence-electron chi connectivity index (χ2n) is 9.99. The fourth-order valence-electron chi connectivity index (χ4n) is 3.03. The minimum absolute atomic E-state index is 0.0306. The molecule has 0 heterocycles. The summed E-state index contributed by atoms with van der Waals surface area (Å²) < 4.78 is 17.3. The van der Waals surface area contributed by atoms with Crippen LogP contribution in [-0.4, -0.2) is 48.4 Å². The van der Waals surface area contributed by atoms with Crippen molar-refractivity contribution >= 4 is 17.9 Å². The maximum atomic E-state index is 11.1. The van der Waals surface area contributed by atoms with Crippen LogP contribution in [0.4, 0.5) is 0 Å². The van der Waals surface area contributed by atoms with Crippen LogP contribution in [0.3, 0.4) is 0 Å². The summed E-state index contributed by atoms with van der Waals surface area (Å²) in [6, 6.07) is 0.